The average molecular weight is 555 g/mol. The molecule has 9 nitrogen and oxygen atoms in total. The monoisotopic (exact) mass is 554 g/mol. The Morgan fingerprint density at radius 2 is 1.90 bits per heavy atom. The molecule has 0 bridgehead atoms. The highest BCUT2D eigenvalue weighted by Gasteiger charge is 2.23. The molecule has 0 unspecified atom stereocenters. The van der Waals surface area contributed by atoms with E-state index in [1.807, 2.05) is 55.5 Å². The number of nitrogens with zero attached hydrogens (tertiary/aromatic N) is 2. The predicted molar refractivity (Wildman–Crippen MR) is 155 cm³/mol. The Morgan fingerprint density at radius 3 is 2.56 bits per heavy atom. The number of hydrogen-bond donors (Lipinski definition) is 2. The molecule has 2 amide bonds. The van der Waals surface area contributed by atoms with E-state index in [1.165, 1.54) is 10.6 Å². The second-order valence-electron chi connectivity index (χ2n) is 9.98. The first kappa shape index (κ1) is 30.0. The number of amides is 2. The molecule has 0 spiro atoms. The van der Waals surface area contributed by atoms with Gasteiger partial charge in [-0.15, -0.1) is 11.8 Å². The van der Waals surface area contributed by atoms with Gasteiger partial charge >= 0.3 is 6.09 Å². The first-order chi connectivity index (χ1) is 18.6. The van der Waals surface area contributed by atoms with Crippen molar-refractivity contribution in [2.75, 3.05) is 26.8 Å². The number of ether oxygens (including phenoxy) is 2. The van der Waals surface area contributed by atoms with Gasteiger partial charge in [-0.3, -0.25) is 9.63 Å². The van der Waals surface area contributed by atoms with E-state index in [0.717, 1.165) is 27.6 Å². The van der Waals surface area contributed by atoms with Gasteiger partial charge in [-0.1, -0.05) is 25.1 Å². The van der Waals surface area contributed by atoms with Crippen molar-refractivity contribution < 1.29 is 23.9 Å². The third-order valence-corrected chi connectivity index (χ3v) is 6.54. The summed E-state index contributed by atoms with van der Waals surface area (Å²) in [4.78, 5) is 36.6. The fourth-order valence-electron chi connectivity index (χ4n) is 3.70. The SMILES string of the molecule is CCCN(OCCNC(=O)OC(C)(C)C)C(=O)C1=Cc2ccc(SCc3ccc(OC)cc3)cc2N=C(N)C1. The van der Waals surface area contributed by atoms with E-state index in [1.54, 1.807) is 39.6 Å². The van der Waals surface area contributed by atoms with E-state index in [9.17, 15) is 9.59 Å². The predicted octanol–water partition coefficient (Wildman–Crippen LogP) is 5.46. The van der Waals surface area contributed by atoms with Crippen molar-refractivity contribution in [3.05, 3.63) is 59.2 Å². The molecule has 39 heavy (non-hydrogen) atoms. The zero-order valence-corrected chi connectivity index (χ0v) is 24.1. The van der Waals surface area contributed by atoms with Gasteiger partial charge in [0, 0.05) is 41.3 Å². The number of nitrogens with one attached hydrogen (secondary N) is 1. The number of rotatable bonds is 11. The summed E-state index contributed by atoms with van der Waals surface area (Å²) in [7, 11) is 1.65. The second-order valence-corrected chi connectivity index (χ2v) is 11.0. The Bertz CT molecular complexity index is 1210. The minimum Gasteiger partial charge on any atom is -0.497 e. The van der Waals surface area contributed by atoms with E-state index < -0.39 is 11.7 Å². The number of hydrogen-bond acceptors (Lipinski definition) is 8. The van der Waals surface area contributed by atoms with E-state index >= 15 is 0 Å². The number of fused-ring (bicyclic) bond motifs is 1. The topological polar surface area (TPSA) is 115 Å². The summed E-state index contributed by atoms with van der Waals surface area (Å²) in [6, 6.07) is 14.0. The van der Waals surface area contributed by atoms with Crippen LogP contribution in [0.25, 0.3) is 6.08 Å². The summed E-state index contributed by atoms with van der Waals surface area (Å²) < 4.78 is 10.4. The lowest BCUT2D eigenvalue weighted by Gasteiger charge is -2.23. The zero-order chi connectivity index (χ0) is 28.4. The van der Waals surface area contributed by atoms with Crippen molar-refractivity contribution >= 4 is 41.4 Å². The lowest BCUT2D eigenvalue weighted by molar-refractivity contribution is -0.181. The average Bonchev–Trinajstić information content (AvgIpc) is 3.05. The lowest BCUT2D eigenvalue weighted by Crippen LogP contribution is -2.38. The third-order valence-electron chi connectivity index (χ3n) is 5.48. The number of nitrogens with two attached hydrogens (primary N) is 1. The van der Waals surface area contributed by atoms with Crippen molar-refractivity contribution in [2.24, 2.45) is 10.7 Å². The lowest BCUT2D eigenvalue weighted by atomic mass is 10.1. The molecule has 210 valence electrons. The molecule has 0 saturated carbocycles. The molecule has 1 aliphatic heterocycles. The Balaban J connectivity index is 1.65. The van der Waals surface area contributed by atoms with Crippen molar-refractivity contribution in [3.63, 3.8) is 0 Å². The van der Waals surface area contributed by atoms with E-state index in [2.05, 4.69) is 10.3 Å². The quantitative estimate of drug-likeness (QED) is 0.215. The number of aliphatic imine (C=N–C) groups is 1. The van der Waals surface area contributed by atoms with Crippen LogP contribution in [0.1, 0.15) is 51.7 Å². The van der Waals surface area contributed by atoms with E-state index in [-0.39, 0.29) is 25.5 Å². The summed E-state index contributed by atoms with van der Waals surface area (Å²) in [5.74, 6) is 1.70. The highest BCUT2D eigenvalue weighted by molar-refractivity contribution is 7.98. The molecule has 10 heteroatoms. The molecule has 1 aliphatic rings. The molecule has 3 rings (SSSR count). The third kappa shape index (κ3) is 9.63. The summed E-state index contributed by atoms with van der Waals surface area (Å²) in [5, 5.41) is 3.95. The molecule has 0 saturated heterocycles. The van der Waals surface area contributed by atoms with E-state index in [0.29, 0.717) is 24.4 Å². The smallest absolute Gasteiger partial charge is 0.407 e. The van der Waals surface area contributed by atoms with Crippen LogP contribution in [-0.4, -0.2) is 55.3 Å². The first-order valence-corrected chi connectivity index (χ1v) is 13.9. The Hall–Kier alpha value is -3.50. The van der Waals surface area contributed by atoms with Gasteiger partial charge in [0.2, 0.25) is 0 Å². The molecular weight excluding hydrogens is 516 g/mol. The number of carbonyl (C=O) groups is 2. The molecule has 0 atom stereocenters. The number of thioether (sulfide) groups is 1. The Kier molecular flexibility index (Phi) is 10.8. The van der Waals surface area contributed by atoms with Gasteiger partial charge in [-0.2, -0.15) is 0 Å². The summed E-state index contributed by atoms with van der Waals surface area (Å²) in [6.45, 7) is 8.05. The molecule has 2 aromatic rings. The normalized spacial score (nSPS) is 12.9. The van der Waals surface area contributed by atoms with Crippen LogP contribution in [0.3, 0.4) is 0 Å². The molecule has 0 aliphatic carbocycles. The maximum Gasteiger partial charge on any atom is 0.407 e. The number of alkyl carbamates (subject to hydrolysis) is 1. The van der Waals surface area contributed by atoms with Crippen molar-refractivity contribution in [3.8, 4) is 5.75 Å². The fourth-order valence-corrected chi connectivity index (χ4v) is 4.58. The largest absolute Gasteiger partial charge is 0.497 e. The van der Waals surface area contributed by atoms with Gasteiger partial charge in [0.15, 0.2) is 0 Å². The molecule has 2 aromatic carbocycles. The molecular formula is C29H38N4O5S. The maximum absolute atomic E-state index is 13.4. The second kappa shape index (κ2) is 14.0. The van der Waals surface area contributed by atoms with Crippen LogP contribution in [-0.2, 0) is 20.1 Å². The minimum atomic E-state index is -0.588. The maximum atomic E-state index is 13.4. The van der Waals surface area contributed by atoms with Gasteiger partial charge in [-0.05, 0) is 63.1 Å². The zero-order valence-electron chi connectivity index (χ0n) is 23.3. The number of methoxy groups -OCH3 is 1. The molecule has 3 N–H and O–H groups in total. The Labute approximate surface area is 234 Å². The van der Waals surface area contributed by atoms with Crippen LogP contribution in [0.2, 0.25) is 0 Å². The summed E-state index contributed by atoms with van der Waals surface area (Å²) in [6.07, 6.45) is 2.20. The van der Waals surface area contributed by atoms with Crippen LogP contribution in [0, 0.1) is 0 Å². The first-order valence-electron chi connectivity index (χ1n) is 12.9. The van der Waals surface area contributed by atoms with Gasteiger partial charge in [0.1, 0.15) is 17.2 Å². The van der Waals surface area contributed by atoms with Crippen LogP contribution < -0.4 is 15.8 Å². The van der Waals surface area contributed by atoms with Gasteiger partial charge in [0.05, 0.1) is 19.4 Å². The van der Waals surface area contributed by atoms with E-state index in [4.69, 9.17) is 20.0 Å². The standard InChI is InChI=1S/C29H38N4O5S/c1-6-14-33(37-15-13-31-28(35)38-29(2,3)4)27(34)22-16-21-9-12-24(18-25(21)32-26(30)17-22)39-19-20-7-10-23(36-5)11-8-20/h7-12,16,18H,6,13-15,17,19H2,1-5H3,(H2,30,32)(H,31,35). The molecule has 0 radical (unpaired) electrons. The van der Waals surface area contributed by atoms with Crippen LogP contribution in [0.15, 0.2) is 57.9 Å². The number of hydroxylamine groups is 2. The number of carbonyl (C=O) groups excluding carboxylic acids is 2. The molecule has 0 aromatic heterocycles. The van der Waals surface area contributed by atoms with Gasteiger partial charge in [0.25, 0.3) is 5.91 Å². The Morgan fingerprint density at radius 1 is 1.15 bits per heavy atom. The van der Waals surface area contributed by atoms with Crippen molar-refractivity contribution in [1.82, 2.24) is 10.4 Å². The number of benzene rings is 2. The van der Waals surface area contributed by atoms with Crippen molar-refractivity contribution in [2.45, 2.75) is 56.8 Å². The van der Waals surface area contributed by atoms with Crippen molar-refractivity contribution in [1.29, 1.82) is 0 Å². The van der Waals surface area contributed by atoms with Gasteiger partial charge < -0.3 is 20.5 Å². The van der Waals surface area contributed by atoms with Crippen LogP contribution >= 0.6 is 11.8 Å². The van der Waals surface area contributed by atoms with Gasteiger partial charge in [-0.25, -0.2) is 14.9 Å². The number of amidine groups is 1. The highest BCUT2D eigenvalue weighted by atomic mass is 32.2. The minimum absolute atomic E-state index is 0.118. The van der Waals surface area contributed by atoms with Crippen LogP contribution in [0.4, 0.5) is 10.5 Å². The fraction of sp³-hybridized carbons (Fsp3) is 0.414. The molecule has 0 fully saturated rings. The summed E-state index contributed by atoms with van der Waals surface area (Å²) >= 11 is 1.70. The van der Waals surface area contributed by atoms with Crippen LogP contribution in [0.5, 0.6) is 5.75 Å². The molecule has 1 heterocycles. The highest BCUT2D eigenvalue weighted by Crippen LogP contribution is 2.33. The summed E-state index contributed by atoms with van der Waals surface area (Å²) in [5.41, 5.74) is 8.84.